The topological polar surface area (TPSA) is 67.2 Å². The number of aryl methyl sites for hydroxylation is 2. The van der Waals surface area contributed by atoms with Crippen LogP contribution in [0, 0.1) is 6.92 Å². The van der Waals surface area contributed by atoms with Crippen molar-refractivity contribution in [2.75, 3.05) is 5.32 Å². The van der Waals surface area contributed by atoms with Crippen molar-refractivity contribution in [3.8, 4) is 11.5 Å². The lowest BCUT2D eigenvalue weighted by molar-refractivity contribution is 0.0977. The Kier molecular flexibility index (Phi) is 6.02. The summed E-state index contributed by atoms with van der Waals surface area (Å²) < 4.78 is 5.85. The lowest BCUT2D eigenvalue weighted by Gasteiger charge is -2.09. The van der Waals surface area contributed by atoms with Crippen molar-refractivity contribution >= 4 is 51.6 Å². The minimum absolute atomic E-state index is 0.203. The zero-order valence-electron chi connectivity index (χ0n) is 17.0. The second kappa shape index (κ2) is 8.88. The highest BCUT2D eigenvalue weighted by Crippen LogP contribution is 2.31. The number of hydrogen-bond donors (Lipinski definition) is 2. The van der Waals surface area contributed by atoms with Crippen molar-refractivity contribution in [1.82, 2.24) is 10.3 Å². The van der Waals surface area contributed by atoms with Gasteiger partial charge in [-0.25, -0.2) is 4.98 Å². The van der Waals surface area contributed by atoms with E-state index in [1.807, 2.05) is 43.3 Å². The summed E-state index contributed by atoms with van der Waals surface area (Å²) in [5.41, 5.74) is 5.48. The van der Waals surface area contributed by atoms with Crippen molar-refractivity contribution in [2.45, 2.75) is 20.3 Å². The predicted molar refractivity (Wildman–Crippen MR) is 129 cm³/mol. The average Bonchev–Trinajstić information content (AvgIpc) is 3.16. The Balaban J connectivity index is 1.48. The van der Waals surface area contributed by atoms with Gasteiger partial charge in [0.1, 0.15) is 5.52 Å². The van der Waals surface area contributed by atoms with Crippen LogP contribution in [-0.2, 0) is 6.42 Å². The molecular formula is C24H20ClN3O2S. The second-order valence-electron chi connectivity index (χ2n) is 7.14. The van der Waals surface area contributed by atoms with Gasteiger partial charge in [0, 0.05) is 11.3 Å². The molecule has 0 spiro atoms. The van der Waals surface area contributed by atoms with Gasteiger partial charge in [0.2, 0.25) is 5.89 Å². The first kappa shape index (κ1) is 21.0. The van der Waals surface area contributed by atoms with Crippen LogP contribution in [0.3, 0.4) is 0 Å². The number of aromatic nitrogens is 1. The number of thiocarbonyl (C=S) groups is 1. The molecule has 0 fully saturated rings. The van der Waals surface area contributed by atoms with Crippen LogP contribution in [-0.4, -0.2) is 16.0 Å². The first-order valence-corrected chi connectivity index (χ1v) is 10.6. The maximum Gasteiger partial charge on any atom is 0.257 e. The Morgan fingerprint density at radius 2 is 1.87 bits per heavy atom. The number of anilines is 1. The lowest BCUT2D eigenvalue weighted by Crippen LogP contribution is -2.34. The van der Waals surface area contributed by atoms with Gasteiger partial charge in [-0.15, -0.1) is 0 Å². The molecule has 3 aromatic carbocycles. The number of carbonyl (C=O) groups is 1. The number of carbonyl (C=O) groups excluding carboxylic acids is 1. The van der Waals surface area contributed by atoms with Crippen LogP contribution in [0.1, 0.15) is 28.4 Å². The van der Waals surface area contributed by atoms with E-state index in [1.54, 1.807) is 24.3 Å². The molecule has 0 aliphatic rings. The number of nitrogens with one attached hydrogen (secondary N) is 2. The van der Waals surface area contributed by atoms with Crippen molar-refractivity contribution in [2.24, 2.45) is 0 Å². The third-order valence-corrected chi connectivity index (χ3v) is 5.37. The molecule has 1 amide bonds. The van der Waals surface area contributed by atoms with Crippen molar-refractivity contribution in [3.63, 3.8) is 0 Å². The second-order valence-corrected chi connectivity index (χ2v) is 7.96. The molecule has 4 aromatic rings. The summed E-state index contributed by atoms with van der Waals surface area (Å²) in [7, 11) is 0. The molecule has 5 nitrogen and oxygen atoms in total. The van der Waals surface area contributed by atoms with Crippen LogP contribution in [0.2, 0.25) is 5.02 Å². The largest absolute Gasteiger partial charge is 0.436 e. The minimum Gasteiger partial charge on any atom is -0.436 e. The maximum absolute atomic E-state index is 12.4. The summed E-state index contributed by atoms with van der Waals surface area (Å²) in [6.07, 6.45) is 0.921. The molecule has 0 unspecified atom stereocenters. The summed E-state index contributed by atoms with van der Waals surface area (Å²) in [6.45, 7) is 4.04. The highest BCUT2D eigenvalue weighted by atomic mass is 35.5. The number of nitrogens with zero attached hydrogens (tertiary/aromatic N) is 1. The smallest absolute Gasteiger partial charge is 0.257 e. The number of fused-ring (bicyclic) bond motifs is 1. The van der Waals surface area contributed by atoms with Gasteiger partial charge in [0.05, 0.1) is 10.6 Å². The SMILES string of the molecule is CCc1ccc(C(=O)NC(=S)Nc2ccc3oc(-c4ccc(C)cc4Cl)nc3c2)cc1. The van der Waals surface area contributed by atoms with E-state index in [0.29, 0.717) is 33.3 Å². The molecule has 0 saturated heterocycles. The van der Waals surface area contributed by atoms with Crippen molar-refractivity contribution in [1.29, 1.82) is 0 Å². The molecule has 0 bridgehead atoms. The number of halogens is 1. The molecular weight excluding hydrogens is 430 g/mol. The van der Waals surface area contributed by atoms with E-state index in [4.69, 9.17) is 28.2 Å². The molecule has 1 heterocycles. The summed E-state index contributed by atoms with van der Waals surface area (Å²) >= 11 is 11.6. The fourth-order valence-electron chi connectivity index (χ4n) is 3.14. The highest BCUT2D eigenvalue weighted by molar-refractivity contribution is 7.80. The molecule has 7 heteroatoms. The molecule has 0 aliphatic heterocycles. The number of rotatable bonds is 4. The Labute approximate surface area is 190 Å². The van der Waals surface area contributed by atoms with Gasteiger partial charge in [-0.1, -0.05) is 36.7 Å². The Bertz CT molecular complexity index is 1280. The van der Waals surface area contributed by atoms with E-state index in [-0.39, 0.29) is 11.0 Å². The van der Waals surface area contributed by atoms with E-state index in [9.17, 15) is 4.79 Å². The minimum atomic E-state index is -0.265. The fourth-order valence-corrected chi connectivity index (χ4v) is 3.67. The Morgan fingerprint density at radius 3 is 2.58 bits per heavy atom. The van der Waals surface area contributed by atoms with Crippen LogP contribution >= 0.6 is 23.8 Å². The monoisotopic (exact) mass is 449 g/mol. The average molecular weight is 450 g/mol. The van der Waals surface area contributed by atoms with Crippen LogP contribution in [0.15, 0.2) is 65.1 Å². The van der Waals surface area contributed by atoms with E-state index in [1.165, 1.54) is 5.56 Å². The number of benzene rings is 3. The van der Waals surface area contributed by atoms with Gasteiger partial charge >= 0.3 is 0 Å². The van der Waals surface area contributed by atoms with Gasteiger partial charge in [-0.3, -0.25) is 10.1 Å². The summed E-state index contributed by atoms with van der Waals surface area (Å²) in [5, 5.41) is 6.50. The van der Waals surface area contributed by atoms with Crippen molar-refractivity contribution in [3.05, 3.63) is 82.4 Å². The molecule has 2 N–H and O–H groups in total. The first-order chi connectivity index (χ1) is 14.9. The summed E-state index contributed by atoms with van der Waals surface area (Å²) in [4.78, 5) is 16.9. The van der Waals surface area contributed by atoms with Gasteiger partial charge in [-0.2, -0.15) is 0 Å². The van der Waals surface area contributed by atoms with Gasteiger partial charge in [0.25, 0.3) is 5.91 Å². The highest BCUT2D eigenvalue weighted by Gasteiger charge is 2.13. The third kappa shape index (κ3) is 4.76. The summed E-state index contributed by atoms with van der Waals surface area (Å²) in [6, 6.07) is 18.6. The zero-order chi connectivity index (χ0) is 22.0. The molecule has 156 valence electrons. The zero-order valence-corrected chi connectivity index (χ0v) is 18.6. The molecule has 0 aliphatic carbocycles. The Hall–Kier alpha value is -3.22. The Morgan fingerprint density at radius 1 is 1.10 bits per heavy atom. The first-order valence-electron chi connectivity index (χ1n) is 9.81. The summed E-state index contributed by atoms with van der Waals surface area (Å²) in [5.74, 6) is 0.183. The van der Waals surface area contributed by atoms with Crippen LogP contribution < -0.4 is 10.6 Å². The van der Waals surface area contributed by atoms with Crippen LogP contribution in [0.25, 0.3) is 22.6 Å². The van der Waals surface area contributed by atoms with E-state index in [2.05, 4.69) is 22.5 Å². The van der Waals surface area contributed by atoms with Gasteiger partial charge in [-0.05, 0) is 79.2 Å². The fraction of sp³-hybridized carbons (Fsp3) is 0.125. The van der Waals surface area contributed by atoms with Crippen LogP contribution in [0.5, 0.6) is 0 Å². The quantitative estimate of drug-likeness (QED) is 0.366. The van der Waals surface area contributed by atoms with Gasteiger partial charge in [0.15, 0.2) is 10.7 Å². The molecule has 0 radical (unpaired) electrons. The van der Waals surface area contributed by atoms with E-state index in [0.717, 1.165) is 17.5 Å². The standard InChI is InChI=1S/C24H20ClN3O2S/c1-3-15-5-7-16(8-6-15)22(29)28-24(31)26-17-9-11-21-20(13-17)27-23(30-21)18-10-4-14(2)12-19(18)25/h4-13H,3H2,1-2H3,(H2,26,28,29,31). The van der Waals surface area contributed by atoms with Gasteiger partial charge < -0.3 is 9.73 Å². The number of amides is 1. The maximum atomic E-state index is 12.4. The van der Waals surface area contributed by atoms with Crippen LogP contribution in [0.4, 0.5) is 5.69 Å². The van der Waals surface area contributed by atoms with Crippen molar-refractivity contribution < 1.29 is 9.21 Å². The predicted octanol–water partition coefficient (Wildman–Crippen LogP) is 6.15. The lowest BCUT2D eigenvalue weighted by atomic mass is 10.1. The van der Waals surface area contributed by atoms with E-state index >= 15 is 0 Å². The molecule has 4 rings (SSSR count). The molecule has 0 atom stereocenters. The normalized spacial score (nSPS) is 10.8. The number of hydrogen-bond acceptors (Lipinski definition) is 4. The number of oxazole rings is 1. The molecule has 31 heavy (non-hydrogen) atoms. The molecule has 1 aromatic heterocycles. The van der Waals surface area contributed by atoms with E-state index < -0.39 is 0 Å². The third-order valence-electron chi connectivity index (χ3n) is 4.85. The molecule has 0 saturated carbocycles.